The third-order valence-electron chi connectivity index (χ3n) is 3.31. The van der Waals surface area contributed by atoms with Gasteiger partial charge in [-0.05, 0) is 30.4 Å². The number of rotatable bonds is 7. The molecule has 3 nitrogen and oxygen atoms in total. The van der Waals surface area contributed by atoms with Crippen LogP contribution >= 0.6 is 0 Å². The first kappa shape index (κ1) is 13.1. The van der Waals surface area contributed by atoms with Crippen molar-refractivity contribution in [1.29, 1.82) is 0 Å². The second-order valence-corrected chi connectivity index (χ2v) is 4.91. The van der Waals surface area contributed by atoms with Crippen LogP contribution in [0.15, 0.2) is 24.3 Å². The average Bonchev–Trinajstić information content (AvgIpc) is 3.23. The van der Waals surface area contributed by atoms with Crippen LogP contribution in [-0.4, -0.2) is 19.0 Å². The highest BCUT2D eigenvalue weighted by molar-refractivity contribution is 5.80. The van der Waals surface area contributed by atoms with E-state index < -0.39 is 0 Å². The van der Waals surface area contributed by atoms with Gasteiger partial charge >= 0.3 is 0 Å². The maximum atomic E-state index is 11.4. The van der Waals surface area contributed by atoms with E-state index in [4.69, 9.17) is 0 Å². The lowest BCUT2D eigenvalue weighted by atomic mass is 10.1. The van der Waals surface area contributed by atoms with Crippen LogP contribution in [0.3, 0.4) is 0 Å². The van der Waals surface area contributed by atoms with Crippen LogP contribution < -0.4 is 10.6 Å². The van der Waals surface area contributed by atoms with Gasteiger partial charge in [-0.25, -0.2) is 0 Å². The maximum absolute atomic E-state index is 11.4. The molecule has 0 saturated heterocycles. The van der Waals surface area contributed by atoms with Gasteiger partial charge in [0.1, 0.15) is 0 Å². The number of amides is 1. The van der Waals surface area contributed by atoms with Crippen molar-refractivity contribution >= 4 is 5.91 Å². The van der Waals surface area contributed by atoms with Gasteiger partial charge in [-0.15, -0.1) is 0 Å². The van der Waals surface area contributed by atoms with E-state index in [1.807, 2.05) is 0 Å². The van der Waals surface area contributed by atoms with Gasteiger partial charge in [-0.3, -0.25) is 4.79 Å². The zero-order chi connectivity index (χ0) is 12.8. The maximum Gasteiger partial charge on any atom is 0.223 e. The molecule has 0 heterocycles. The lowest BCUT2D eigenvalue weighted by Gasteiger charge is -2.07. The molecule has 0 unspecified atom stereocenters. The highest BCUT2D eigenvalue weighted by Gasteiger charge is 2.28. The van der Waals surface area contributed by atoms with Gasteiger partial charge in [0, 0.05) is 25.6 Å². The molecule has 1 aliphatic carbocycles. The topological polar surface area (TPSA) is 41.1 Å². The minimum Gasteiger partial charge on any atom is -0.355 e. The van der Waals surface area contributed by atoms with E-state index in [1.54, 1.807) is 0 Å². The number of hydrogen-bond donors (Lipinski definition) is 2. The van der Waals surface area contributed by atoms with E-state index in [2.05, 4.69) is 41.8 Å². The quantitative estimate of drug-likeness (QED) is 0.721. The van der Waals surface area contributed by atoms with Gasteiger partial charge in [-0.1, -0.05) is 31.2 Å². The zero-order valence-corrected chi connectivity index (χ0v) is 11.0. The molecule has 2 rings (SSSR count). The second-order valence-electron chi connectivity index (χ2n) is 4.91. The van der Waals surface area contributed by atoms with Crippen molar-refractivity contribution < 1.29 is 4.79 Å². The molecule has 1 aromatic carbocycles. The van der Waals surface area contributed by atoms with Crippen LogP contribution in [0.5, 0.6) is 0 Å². The second kappa shape index (κ2) is 6.55. The predicted molar refractivity (Wildman–Crippen MR) is 73.3 cm³/mol. The molecule has 2 N–H and O–H groups in total. The number of benzene rings is 1. The smallest absolute Gasteiger partial charge is 0.223 e. The van der Waals surface area contributed by atoms with Crippen molar-refractivity contribution in [2.45, 2.75) is 32.7 Å². The Hall–Kier alpha value is -1.35. The summed E-state index contributed by atoms with van der Waals surface area (Å²) in [5.41, 5.74) is 2.66. The van der Waals surface area contributed by atoms with E-state index in [9.17, 15) is 4.79 Å². The van der Waals surface area contributed by atoms with Gasteiger partial charge in [0.2, 0.25) is 5.91 Å². The van der Waals surface area contributed by atoms with Crippen LogP contribution in [0.4, 0.5) is 0 Å². The summed E-state index contributed by atoms with van der Waals surface area (Å²) < 4.78 is 0. The fraction of sp³-hybridized carbons (Fsp3) is 0.533. The number of carbonyl (C=O) groups excluding carboxylic acids is 1. The van der Waals surface area contributed by atoms with Gasteiger partial charge in [0.15, 0.2) is 0 Å². The van der Waals surface area contributed by atoms with Crippen molar-refractivity contribution in [3.8, 4) is 0 Å². The van der Waals surface area contributed by atoms with Crippen molar-refractivity contribution in [3.05, 3.63) is 35.4 Å². The molecule has 18 heavy (non-hydrogen) atoms. The van der Waals surface area contributed by atoms with Crippen molar-refractivity contribution in [3.63, 3.8) is 0 Å². The first-order valence-corrected chi connectivity index (χ1v) is 6.86. The highest BCUT2D eigenvalue weighted by atomic mass is 16.2. The van der Waals surface area contributed by atoms with Crippen molar-refractivity contribution in [2.75, 3.05) is 13.1 Å². The highest BCUT2D eigenvalue weighted by Crippen LogP contribution is 2.28. The predicted octanol–water partition coefficient (Wildman–Crippen LogP) is 1.86. The summed E-state index contributed by atoms with van der Waals surface area (Å²) in [6.45, 7) is 4.58. The summed E-state index contributed by atoms with van der Waals surface area (Å²) in [4.78, 5) is 11.4. The Morgan fingerprint density at radius 3 is 2.44 bits per heavy atom. The first-order chi connectivity index (χ1) is 8.79. The molecular formula is C15H22N2O. The molecule has 0 bridgehead atoms. The van der Waals surface area contributed by atoms with E-state index in [0.29, 0.717) is 5.92 Å². The molecule has 1 aromatic rings. The number of hydrogen-bond acceptors (Lipinski definition) is 2. The van der Waals surface area contributed by atoms with Gasteiger partial charge in [0.05, 0.1) is 0 Å². The molecule has 1 aliphatic rings. The molecule has 0 aromatic heterocycles. The van der Waals surface area contributed by atoms with Gasteiger partial charge < -0.3 is 10.6 Å². The van der Waals surface area contributed by atoms with Gasteiger partial charge in [-0.2, -0.15) is 0 Å². The molecular weight excluding hydrogens is 224 g/mol. The van der Waals surface area contributed by atoms with Crippen LogP contribution in [0.2, 0.25) is 0 Å². The van der Waals surface area contributed by atoms with E-state index in [1.165, 1.54) is 11.1 Å². The summed E-state index contributed by atoms with van der Waals surface area (Å²) in [5.74, 6) is 0.538. The summed E-state index contributed by atoms with van der Waals surface area (Å²) in [7, 11) is 0. The SMILES string of the molecule is CCc1ccc(CNCCNC(=O)C2CC2)cc1. The zero-order valence-electron chi connectivity index (χ0n) is 11.0. The van der Waals surface area contributed by atoms with Crippen LogP contribution in [0, 0.1) is 5.92 Å². The fourth-order valence-electron chi connectivity index (χ4n) is 1.89. The number of nitrogens with one attached hydrogen (secondary N) is 2. The Morgan fingerprint density at radius 1 is 1.17 bits per heavy atom. The molecule has 1 amide bonds. The molecule has 0 aliphatic heterocycles. The van der Waals surface area contributed by atoms with Crippen molar-refractivity contribution in [1.82, 2.24) is 10.6 Å². The van der Waals surface area contributed by atoms with Crippen LogP contribution in [0.1, 0.15) is 30.9 Å². The summed E-state index contributed by atoms with van der Waals surface area (Å²) >= 11 is 0. The third-order valence-corrected chi connectivity index (χ3v) is 3.31. The van der Waals surface area contributed by atoms with Crippen LogP contribution in [0.25, 0.3) is 0 Å². The standard InChI is InChI=1S/C15H22N2O/c1-2-12-3-5-13(6-4-12)11-16-9-10-17-15(18)14-7-8-14/h3-6,14,16H,2,7-11H2,1H3,(H,17,18). The molecule has 0 radical (unpaired) electrons. The van der Waals surface area contributed by atoms with Crippen molar-refractivity contribution in [2.24, 2.45) is 5.92 Å². The lowest BCUT2D eigenvalue weighted by Crippen LogP contribution is -2.32. The third kappa shape index (κ3) is 4.15. The van der Waals surface area contributed by atoms with Crippen LogP contribution in [-0.2, 0) is 17.8 Å². The summed E-state index contributed by atoms with van der Waals surface area (Å²) in [5, 5.41) is 6.29. The van der Waals surface area contributed by atoms with E-state index in [-0.39, 0.29) is 5.91 Å². The monoisotopic (exact) mass is 246 g/mol. The molecule has 1 saturated carbocycles. The Bertz CT molecular complexity index is 382. The molecule has 3 heteroatoms. The van der Waals surface area contributed by atoms with Gasteiger partial charge in [0.25, 0.3) is 0 Å². The molecule has 0 atom stereocenters. The Morgan fingerprint density at radius 2 is 1.83 bits per heavy atom. The Kier molecular flexibility index (Phi) is 4.76. The minimum absolute atomic E-state index is 0.226. The number of aryl methyl sites for hydroxylation is 1. The molecule has 1 fully saturated rings. The Balaban J connectivity index is 1.57. The molecule has 0 spiro atoms. The molecule has 98 valence electrons. The largest absolute Gasteiger partial charge is 0.355 e. The summed E-state index contributed by atoms with van der Waals surface area (Å²) in [6.07, 6.45) is 3.23. The Labute approximate surface area is 109 Å². The number of carbonyl (C=O) groups is 1. The average molecular weight is 246 g/mol. The normalized spacial score (nSPS) is 14.5. The fourth-order valence-corrected chi connectivity index (χ4v) is 1.89. The van der Waals surface area contributed by atoms with E-state index in [0.717, 1.165) is 38.9 Å². The minimum atomic E-state index is 0.226. The summed E-state index contributed by atoms with van der Waals surface area (Å²) in [6, 6.07) is 8.67. The van der Waals surface area contributed by atoms with E-state index >= 15 is 0 Å². The first-order valence-electron chi connectivity index (χ1n) is 6.86. The lowest BCUT2D eigenvalue weighted by molar-refractivity contribution is -0.122.